The first-order chi connectivity index (χ1) is 13.0. The first-order valence-electron chi connectivity index (χ1n) is 7.82. The average Bonchev–Trinajstić information content (AvgIpc) is 2.66. The van der Waals surface area contributed by atoms with Crippen molar-refractivity contribution in [3.8, 4) is 5.75 Å². The maximum Gasteiger partial charge on any atom is 0.360 e. The second-order valence-corrected chi connectivity index (χ2v) is 5.50. The lowest BCUT2D eigenvalue weighted by Gasteiger charge is -2.06. The molecule has 0 atom stereocenters. The van der Waals surface area contributed by atoms with Gasteiger partial charge in [0.25, 0.3) is 5.69 Å². The number of methoxy groups -OCH3 is 1. The molecule has 0 fully saturated rings. The molecule has 0 bridgehead atoms. The number of nitro benzene ring substituents is 1. The van der Waals surface area contributed by atoms with Gasteiger partial charge in [-0.05, 0) is 23.8 Å². The van der Waals surface area contributed by atoms with Crippen LogP contribution >= 0.6 is 0 Å². The Morgan fingerprint density at radius 3 is 2.74 bits per heavy atom. The van der Waals surface area contributed by atoms with E-state index in [1.165, 1.54) is 43.5 Å². The predicted molar refractivity (Wildman–Crippen MR) is 99.8 cm³/mol. The molecule has 0 spiro atoms. The number of non-ortho nitro benzene ring substituents is 1. The van der Waals surface area contributed by atoms with Crippen LogP contribution in [0.15, 0.2) is 63.8 Å². The van der Waals surface area contributed by atoms with E-state index in [1.54, 1.807) is 24.3 Å². The number of rotatable bonds is 5. The van der Waals surface area contributed by atoms with Gasteiger partial charge in [0.15, 0.2) is 11.3 Å². The SMILES string of the molecule is COc1cccc2cc(NC(=O)C=Cc3cccc([N+](=O)[O-])c3)c(=O)oc12. The molecule has 0 saturated heterocycles. The zero-order valence-electron chi connectivity index (χ0n) is 14.2. The van der Waals surface area contributed by atoms with Gasteiger partial charge < -0.3 is 14.5 Å². The molecule has 2 aromatic carbocycles. The molecular formula is C19H14N2O6. The van der Waals surface area contributed by atoms with Crippen LogP contribution in [0.25, 0.3) is 17.0 Å². The average molecular weight is 366 g/mol. The van der Waals surface area contributed by atoms with Crippen molar-refractivity contribution in [1.82, 2.24) is 0 Å². The Balaban J connectivity index is 1.82. The van der Waals surface area contributed by atoms with Crippen molar-refractivity contribution >= 4 is 34.3 Å². The van der Waals surface area contributed by atoms with Crippen LogP contribution in [0.4, 0.5) is 11.4 Å². The highest BCUT2D eigenvalue weighted by Crippen LogP contribution is 2.25. The third kappa shape index (κ3) is 4.01. The molecule has 8 heteroatoms. The number of anilines is 1. The highest BCUT2D eigenvalue weighted by Gasteiger charge is 2.11. The fourth-order valence-corrected chi connectivity index (χ4v) is 2.45. The highest BCUT2D eigenvalue weighted by atomic mass is 16.6. The van der Waals surface area contributed by atoms with Gasteiger partial charge in [-0.25, -0.2) is 4.79 Å². The van der Waals surface area contributed by atoms with Crippen LogP contribution in [0.1, 0.15) is 5.56 Å². The molecule has 27 heavy (non-hydrogen) atoms. The normalized spacial score (nSPS) is 10.9. The summed E-state index contributed by atoms with van der Waals surface area (Å²) in [6.07, 6.45) is 2.59. The zero-order valence-corrected chi connectivity index (χ0v) is 14.2. The molecule has 0 aliphatic heterocycles. The van der Waals surface area contributed by atoms with Gasteiger partial charge in [-0.2, -0.15) is 0 Å². The Morgan fingerprint density at radius 1 is 1.22 bits per heavy atom. The first kappa shape index (κ1) is 17.9. The van der Waals surface area contributed by atoms with E-state index in [-0.39, 0.29) is 17.0 Å². The number of amides is 1. The number of benzene rings is 2. The van der Waals surface area contributed by atoms with Crippen molar-refractivity contribution in [1.29, 1.82) is 0 Å². The summed E-state index contributed by atoms with van der Waals surface area (Å²) in [7, 11) is 1.46. The van der Waals surface area contributed by atoms with E-state index in [1.807, 2.05) is 0 Å². The third-order valence-electron chi connectivity index (χ3n) is 3.71. The zero-order chi connectivity index (χ0) is 19.4. The topological polar surface area (TPSA) is 112 Å². The number of hydrogen-bond donors (Lipinski definition) is 1. The molecule has 1 amide bonds. The van der Waals surface area contributed by atoms with Gasteiger partial charge in [0.2, 0.25) is 5.91 Å². The number of hydrogen-bond acceptors (Lipinski definition) is 6. The monoisotopic (exact) mass is 366 g/mol. The molecule has 1 heterocycles. The molecule has 8 nitrogen and oxygen atoms in total. The standard InChI is InChI=1S/C19H14N2O6/c1-26-16-7-3-5-13-11-15(19(23)27-18(13)16)20-17(22)9-8-12-4-2-6-14(10-12)21(24)25/h2-11H,1H3,(H,20,22). The molecular weight excluding hydrogens is 352 g/mol. The number of carbonyl (C=O) groups is 1. The highest BCUT2D eigenvalue weighted by molar-refractivity contribution is 6.02. The molecule has 0 saturated carbocycles. The largest absolute Gasteiger partial charge is 0.493 e. The van der Waals surface area contributed by atoms with E-state index >= 15 is 0 Å². The maximum absolute atomic E-state index is 12.1. The summed E-state index contributed by atoms with van der Waals surface area (Å²) < 4.78 is 10.4. The summed E-state index contributed by atoms with van der Waals surface area (Å²) in [5, 5.41) is 13.8. The van der Waals surface area contributed by atoms with E-state index in [0.29, 0.717) is 16.7 Å². The fraction of sp³-hybridized carbons (Fsp3) is 0.0526. The van der Waals surface area contributed by atoms with E-state index in [0.717, 1.165) is 0 Å². The van der Waals surface area contributed by atoms with Gasteiger partial charge >= 0.3 is 5.63 Å². The Bertz CT molecular complexity index is 1120. The minimum Gasteiger partial charge on any atom is -0.493 e. The lowest BCUT2D eigenvalue weighted by molar-refractivity contribution is -0.384. The summed E-state index contributed by atoms with van der Waals surface area (Å²) in [5.74, 6) is -0.163. The van der Waals surface area contributed by atoms with Crippen molar-refractivity contribution in [2.24, 2.45) is 0 Å². The maximum atomic E-state index is 12.1. The van der Waals surface area contributed by atoms with Crippen LogP contribution in [0.2, 0.25) is 0 Å². The van der Waals surface area contributed by atoms with Crippen LogP contribution in [0.3, 0.4) is 0 Å². The van der Waals surface area contributed by atoms with Crippen molar-refractivity contribution in [3.63, 3.8) is 0 Å². The van der Waals surface area contributed by atoms with E-state index < -0.39 is 16.5 Å². The van der Waals surface area contributed by atoms with Gasteiger partial charge in [-0.3, -0.25) is 14.9 Å². The first-order valence-corrected chi connectivity index (χ1v) is 7.82. The van der Waals surface area contributed by atoms with Gasteiger partial charge in [0.05, 0.1) is 12.0 Å². The lowest BCUT2D eigenvalue weighted by Crippen LogP contribution is -2.15. The molecule has 1 aromatic heterocycles. The molecule has 3 aromatic rings. The summed E-state index contributed by atoms with van der Waals surface area (Å²) in [4.78, 5) is 34.4. The molecule has 0 unspecified atom stereocenters. The second-order valence-electron chi connectivity index (χ2n) is 5.50. The van der Waals surface area contributed by atoms with E-state index in [9.17, 15) is 19.7 Å². The number of ether oxygens (including phenoxy) is 1. The predicted octanol–water partition coefficient (Wildman–Crippen LogP) is 3.36. The van der Waals surface area contributed by atoms with E-state index in [2.05, 4.69) is 5.32 Å². The van der Waals surface area contributed by atoms with Crippen LogP contribution in [-0.2, 0) is 4.79 Å². The molecule has 136 valence electrons. The van der Waals surface area contributed by atoms with Crippen LogP contribution in [0, 0.1) is 10.1 Å². The number of nitrogens with zero attached hydrogens (tertiary/aromatic N) is 1. The molecule has 0 aliphatic rings. The van der Waals surface area contributed by atoms with Crippen molar-refractivity contribution < 1.29 is 18.9 Å². The summed E-state index contributed by atoms with van der Waals surface area (Å²) >= 11 is 0. The van der Waals surface area contributed by atoms with Crippen LogP contribution < -0.4 is 15.7 Å². The smallest absolute Gasteiger partial charge is 0.360 e. The van der Waals surface area contributed by atoms with E-state index in [4.69, 9.17) is 9.15 Å². The number of nitrogens with one attached hydrogen (secondary N) is 1. The van der Waals surface area contributed by atoms with Gasteiger partial charge in [-0.1, -0.05) is 24.3 Å². The minimum atomic E-state index is -0.718. The Hall–Kier alpha value is -3.94. The molecule has 0 aliphatic carbocycles. The Morgan fingerprint density at radius 2 is 2.00 bits per heavy atom. The minimum absolute atomic E-state index is 0.0237. The van der Waals surface area contributed by atoms with Crippen LogP contribution in [-0.4, -0.2) is 17.9 Å². The Kier molecular flexibility index (Phi) is 4.98. The summed E-state index contributed by atoms with van der Waals surface area (Å²) in [6.45, 7) is 0. The summed E-state index contributed by atoms with van der Waals surface area (Å²) in [5.41, 5.74) is -0.0556. The third-order valence-corrected chi connectivity index (χ3v) is 3.71. The van der Waals surface area contributed by atoms with Crippen molar-refractivity contribution in [2.75, 3.05) is 12.4 Å². The number of para-hydroxylation sites is 1. The van der Waals surface area contributed by atoms with Crippen molar-refractivity contribution in [2.45, 2.75) is 0 Å². The van der Waals surface area contributed by atoms with Crippen LogP contribution in [0.5, 0.6) is 5.75 Å². The summed E-state index contributed by atoms with van der Waals surface area (Å²) in [6, 6.07) is 12.4. The lowest BCUT2D eigenvalue weighted by atomic mass is 10.2. The fourth-order valence-electron chi connectivity index (χ4n) is 2.45. The molecule has 1 N–H and O–H groups in total. The second kappa shape index (κ2) is 7.52. The molecule has 3 rings (SSSR count). The van der Waals surface area contributed by atoms with Gasteiger partial charge in [-0.15, -0.1) is 0 Å². The van der Waals surface area contributed by atoms with Gasteiger partial charge in [0.1, 0.15) is 5.69 Å². The number of carbonyl (C=O) groups excluding carboxylic acids is 1. The van der Waals surface area contributed by atoms with Crippen molar-refractivity contribution in [3.05, 3.63) is 80.7 Å². The van der Waals surface area contributed by atoms with Gasteiger partial charge in [0, 0.05) is 23.6 Å². The number of nitro groups is 1. The number of fused-ring (bicyclic) bond motifs is 1. The molecule has 0 radical (unpaired) electrons. The Labute approximate surface area is 152 Å². The quantitative estimate of drug-likeness (QED) is 0.321.